The molecule has 0 saturated carbocycles. The first kappa shape index (κ1) is 14.0. The van der Waals surface area contributed by atoms with Crippen LogP contribution in [0.1, 0.15) is 18.3 Å². The zero-order chi connectivity index (χ0) is 13.8. The molecule has 0 unspecified atom stereocenters. The molecule has 0 spiro atoms. The molecule has 1 heterocycles. The minimum absolute atomic E-state index is 0.402. The maximum absolute atomic E-state index is 5.79. The molecule has 1 aromatic heterocycles. The normalized spacial score (nSPS) is 11.1. The van der Waals surface area contributed by atoms with E-state index in [9.17, 15) is 0 Å². The van der Waals surface area contributed by atoms with E-state index < -0.39 is 0 Å². The van der Waals surface area contributed by atoms with Crippen molar-refractivity contribution in [3.8, 4) is 0 Å². The van der Waals surface area contributed by atoms with Gasteiger partial charge in [-0.05, 0) is 18.2 Å². The number of anilines is 1. The predicted molar refractivity (Wildman–Crippen MR) is 82.6 cm³/mol. The number of hydrogen-bond donors (Lipinski definition) is 2. The quantitative estimate of drug-likeness (QED) is 0.479. The molecule has 0 fully saturated rings. The van der Waals surface area contributed by atoms with Crippen LogP contribution in [0, 0.1) is 0 Å². The highest BCUT2D eigenvalue weighted by atomic mass is 79.9. The summed E-state index contributed by atoms with van der Waals surface area (Å²) in [6, 6.07) is 5.82. The molecule has 0 aliphatic heterocycles. The summed E-state index contributed by atoms with van der Waals surface area (Å²) < 4.78 is 3.31. The lowest BCUT2D eigenvalue weighted by molar-refractivity contribution is 0.855. The Kier molecular flexibility index (Phi) is 4.54. The van der Waals surface area contributed by atoms with E-state index in [1.54, 1.807) is 6.21 Å². The Morgan fingerprint density at radius 2 is 2.21 bits per heavy atom. The maximum Gasteiger partial charge on any atom is 0.263 e. The minimum Gasteiger partial charge on any atom is -0.335 e. The molecule has 0 saturated heterocycles. The molecule has 0 aliphatic rings. The first-order valence-electron chi connectivity index (χ1n) is 5.55. The van der Waals surface area contributed by atoms with Gasteiger partial charge in [-0.15, -0.1) is 10.2 Å². The van der Waals surface area contributed by atoms with E-state index in [0.717, 1.165) is 14.5 Å². The fourth-order valence-electron chi connectivity index (χ4n) is 1.41. The first-order chi connectivity index (χ1) is 9.11. The van der Waals surface area contributed by atoms with Crippen LogP contribution < -0.4 is 11.3 Å². The Morgan fingerprint density at radius 3 is 2.89 bits per heavy atom. The average Bonchev–Trinajstić information content (AvgIpc) is 2.75. The van der Waals surface area contributed by atoms with E-state index in [1.165, 1.54) is 4.68 Å². The van der Waals surface area contributed by atoms with Crippen molar-refractivity contribution in [3.63, 3.8) is 0 Å². The Bertz CT molecular complexity index is 607. The van der Waals surface area contributed by atoms with Crippen molar-refractivity contribution in [2.75, 3.05) is 11.3 Å². The molecule has 0 bridgehead atoms. The van der Waals surface area contributed by atoms with Crippen LogP contribution in [-0.2, 0) is 6.42 Å². The summed E-state index contributed by atoms with van der Waals surface area (Å²) in [5.74, 6) is 6.88. The molecule has 3 N–H and O–H groups in total. The molecule has 0 amide bonds. The van der Waals surface area contributed by atoms with Crippen LogP contribution in [0.5, 0.6) is 0 Å². The number of nitrogen functional groups attached to an aromatic ring is 1. The summed E-state index contributed by atoms with van der Waals surface area (Å²) in [5.41, 5.74) is 3.69. The number of hydrazone groups is 1. The average molecular weight is 388 g/mol. The highest BCUT2D eigenvalue weighted by Gasteiger charge is 2.05. The van der Waals surface area contributed by atoms with Crippen LogP contribution >= 0.6 is 31.9 Å². The van der Waals surface area contributed by atoms with Crippen LogP contribution in [-0.4, -0.2) is 21.1 Å². The summed E-state index contributed by atoms with van der Waals surface area (Å²) in [6.45, 7) is 1.96. The third-order valence-corrected chi connectivity index (χ3v) is 3.62. The zero-order valence-electron chi connectivity index (χ0n) is 10.1. The molecule has 8 heteroatoms. The van der Waals surface area contributed by atoms with Crippen molar-refractivity contribution in [2.24, 2.45) is 5.10 Å². The second-order valence-electron chi connectivity index (χ2n) is 3.70. The summed E-state index contributed by atoms with van der Waals surface area (Å²) >= 11 is 6.86. The smallest absolute Gasteiger partial charge is 0.263 e. The summed E-state index contributed by atoms with van der Waals surface area (Å²) in [4.78, 5) is 0. The Labute approximate surface area is 127 Å². The van der Waals surface area contributed by atoms with Gasteiger partial charge in [-0.2, -0.15) is 5.10 Å². The topological polar surface area (TPSA) is 81.1 Å². The van der Waals surface area contributed by atoms with Gasteiger partial charge in [-0.3, -0.25) is 0 Å². The van der Waals surface area contributed by atoms with Gasteiger partial charge in [0.1, 0.15) is 0 Å². The van der Waals surface area contributed by atoms with Crippen molar-refractivity contribution in [1.82, 2.24) is 14.9 Å². The van der Waals surface area contributed by atoms with Crippen LogP contribution in [0.3, 0.4) is 0 Å². The molecule has 0 atom stereocenters. The Hall–Kier alpha value is -1.41. The van der Waals surface area contributed by atoms with E-state index in [2.05, 4.69) is 52.6 Å². The molecule has 100 valence electrons. The number of rotatable bonds is 4. The van der Waals surface area contributed by atoms with Gasteiger partial charge in [-0.1, -0.05) is 38.8 Å². The number of aromatic nitrogens is 3. The molecule has 0 aliphatic carbocycles. The van der Waals surface area contributed by atoms with E-state index in [-0.39, 0.29) is 0 Å². The van der Waals surface area contributed by atoms with Gasteiger partial charge in [-0.25, -0.2) is 10.1 Å². The summed E-state index contributed by atoms with van der Waals surface area (Å²) in [7, 11) is 0. The van der Waals surface area contributed by atoms with Crippen LogP contribution in [0.15, 0.2) is 32.2 Å². The van der Waals surface area contributed by atoms with Gasteiger partial charge in [0.2, 0.25) is 0 Å². The highest BCUT2D eigenvalue weighted by molar-refractivity contribution is 9.11. The van der Waals surface area contributed by atoms with Gasteiger partial charge in [0, 0.05) is 20.9 Å². The van der Waals surface area contributed by atoms with Crippen molar-refractivity contribution in [1.29, 1.82) is 0 Å². The Morgan fingerprint density at radius 1 is 1.42 bits per heavy atom. The second kappa shape index (κ2) is 6.16. The fraction of sp³-hybridized carbons (Fsp3) is 0.182. The number of hydrogen-bond acceptors (Lipinski definition) is 5. The van der Waals surface area contributed by atoms with E-state index in [1.807, 2.05) is 25.1 Å². The SMILES string of the molecule is CCc1nnc(N/N=C\c2cc(Br)ccc2Br)n1N. The number of aryl methyl sites for hydroxylation is 1. The van der Waals surface area contributed by atoms with Crippen molar-refractivity contribution >= 4 is 44.0 Å². The molecule has 6 nitrogen and oxygen atoms in total. The van der Waals surface area contributed by atoms with E-state index in [0.29, 0.717) is 18.2 Å². The molecule has 2 rings (SSSR count). The van der Waals surface area contributed by atoms with Gasteiger partial charge in [0.25, 0.3) is 5.95 Å². The third-order valence-electron chi connectivity index (χ3n) is 2.41. The van der Waals surface area contributed by atoms with Crippen LogP contribution in [0.2, 0.25) is 0 Å². The van der Waals surface area contributed by atoms with E-state index in [4.69, 9.17) is 5.84 Å². The third kappa shape index (κ3) is 3.32. The van der Waals surface area contributed by atoms with Gasteiger partial charge < -0.3 is 5.84 Å². The van der Waals surface area contributed by atoms with E-state index >= 15 is 0 Å². The second-order valence-corrected chi connectivity index (χ2v) is 5.47. The monoisotopic (exact) mass is 386 g/mol. The van der Waals surface area contributed by atoms with Gasteiger partial charge in [0.15, 0.2) is 5.82 Å². The van der Waals surface area contributed by atoms with Crippen LogP contribution in [0.25, 0.3) is 0 Å². The number of benzene rings is 1. The summed E-state index contributed by atoms with van der Waals surface area (Å²) in [6.07, 6.45) is 2.39. The lowest BCUT2D eigenvalue weighted by Crippen LogP contribution is -2.14. The van der Waals surface area contributed by atoms with Gasteiger partial charge >= 0.3 is 0 Å². The molecule has 1 aromatic carbocycles. The lowest BCUT2D eigenvalue weighted by atomic mass is 10.2. The largest absolute Gasteiger partial charge is 0.335 e. The maximum atomic E-state index is 5.79. The minimum atomic E-state index is 0.402. The number of halogens is 2. The van der Waals surface area contributed by atoms with Crippen LogP contribution in [0.4, 0.5) is 5.95 Å². The highest BCUT2D eigenvalue weighted by Crippen LogP contribution is 2.20. The number of nitrogens with one attached hydrogen (secondary N) is 1. The lowest BCUT2D eigenvalue weighted by Gasteiger charge is -2.01. The molecule has 19 heavy (non-hydrogen) atoms. The van der Waals surface area contributed by atoms with Gasteiger partial charge in [0.05, 0.1) is 6.21 Å². The molecule has 0 radical (unpaired) electrons. The molecule has 2 aromatic rings. The fourth-order valence-corrected chi connectivity index (χ4v) is 2.14. The van der Waals surface area contributed by atoms with Crippen molar-refractivity contribution in [3.05, 3.63) is 38.5 Å². The molecular formula is C11H12Br2N6. The molecular weight excluding hydrogens is 376 g/mol. The Balaban J connectivity index is 2.11. The number of nitrogens with two attached hydrogens (primary N) is 1. The summed E-state index contributed by atoms with van der Waals surface area (Å²) in [5, 5.41) is 11.9. The first-order valence-corrected chi connectivity index (χ1v) is 7.14. The number of nitrogens with zero attached hydrogens (tertiary/aromatic N) is 4. The zero-order valence-corrected chi connectivity index (χ0v) is 13.3. The van der Waals surface area contributed by atoms with Crippen molar-refractivity contribution < 1.29 is 0 Å². The standard InChI is InChI=1S/C11H12Br2N6/c1-2-10-16-18-11(19(10)14)17-15-6-7-5-8(12)3-4-9(7)13/h3-6H,2,14H2,1H3,(H,17,18)/b15-6-. The predicted octanol–water partition coefficient (Wildman–Crippen LogP) is 2.53. The van der Waals surface area contributed by atoms with Crippen molar-refractivity contribution in [2.45, 2.75) is 13.3 Å².